The van der Waals surface area contributed by atoms with Crippen molar-refractivity contribution in [1.29, 1.82) is 0 Å². The molecule has 2 fully saturated rings. The van der Waals surface area contributed by atoms with Gasteiger partial charge < -0.3 is 15.4 Å². The lowest BCUT2D eigenvalue weighted by atomic mass is 9.81. The molecule has 4 heteroatoms. The highest BCUT2D eigenvalue weighted by molar-refractivity contribution is 5.80. The highest BCUT2D eigenvalue weighted by Gasteiger charge is 2.42. The van der Waals surface area contributed by atoms with Crippen molar-refractivity contribution in [2.24, 2.45) is 17.1 Å². The molecule has 4 nitrogen and oxygen atoms in total. The number of ether oxygens (including phenoxy) is 1. The topological polar surface area (TPSA) is 55.6 Å². The second kappa shape index (κ2) is 5.17. The predicted octanol–water partition coefficient (Wildman–Crippen LogP) is 1.39. The second-order valence-corrected chi connectivity index (χ2v) is 6.48. The molecule has 1 amide bonds. The van der Waals surface area contributed by atoms with Crippen LogP contribution in [0.15, 0.2) is 0 Å². The first-order chi connectivity index (χ1) is 8.44. The van der Waals surface area contributed by atoms with Gasteiger partial charge in [0.2, 0.25) is 5.91 Å². The van der Waals surface area contributed by atoms with Crippen molar-refractivity contribution in [3.05, 3.63) is 0 Å². The number of morpholine rings is 1. The quantitative estimate of drug-likeness (QED) is 0.810. The normalized spacial score (nSPS) is 35.8. The summed E-state index contributed by atoms with van der Waals surface area (Å²) < 4.78 is 5.71. The van der Waals surface area contributed by atoms with Crippen LogP contribution in [0.2, 0.25) is 0 Å². The van der Waals surface area contributed by atoms with Gasteiger partial charge in [-0.05, 0) is 25.2 Å². The molecule has 2 aliphatic rings. The highest BCUT2D eigenvalue weighted by Crippen LogP contribution is 2.43. The Balaban J connectivity index is 2.04. The first-order valence-corrected chi connectivity index (χ1v) is 7.08. The molecule has 1 heterocycles. The van der Waals surface area contributed by atoms with Gasteiger partial charge in [-0.15, -0.1) is 0 Å². The van der Waals surface area contributed by atoms with Crippen LogP contribution in [0.3, 0.4) is 0 Å². The maximum absolute atomic E-state index is 12.7. The molecule has 1 saturated heterocycles. The van der Waals surface area contributed by atoms with Crippen LogP contribution in [0.25, 0.3) is 0 Å². The Hall–Kier alpha value is -0.610. The van der Waals surface area contributed by atoms with Crippen LogP contribution in [-0.2, 0) is 9.53 Å². The summed E-state index contributed by atoms with van der Waals surface area (Å²) in [5, 5.41) is 0. The molecule has 1 saturated carbocycles. The summed E-state index contributed by atoms with van der Waals surface area (Å²) >= 11 is 0. The van der Waals surface area contributed by atoms with E-state index in [0.717, 1.165) is 12.8 Å². The van der Waals surface area contributed by atoms with Crippen molar-refractivity contribution in [3.8, 4) is 0 Å². The van der Waals surface area contributed by atoms with Gasteiger partial charge in [0.1, 0.15) is 0 Å². The van der Waals surface area contributed by atoms with Gasteiger partial charge in [0.15, 0.2) is 0 Å². The first-order valence-electron chi connectivity index (χ1n) is 7.08. The average molecular weight is 254 g/mol. The third-order valence-electron chi connectivity index (χ3n) is 4.46. The standard InChI is InChI=1S/C14H26N2O2/c1-10-8-16(9-11(7-15)18-10)13(17)12-5-4-6-14(12,2)3/h10-12H,4-9,15H2,1-3H3. The van der Waals surface area contributed by atoms with Crippen molar-refractivity contribution in [3.63, 3.8) is 0 Å². The van der Waals surface area contributed by atoms with Crippen LogP contribution in [0, 0.1) is 11.3 Å². The van der Waals surface area contributed by atoms with Gasteiger partial charge in [0.05, 0.1) is 12.2 Å². The van der Waals surface area contributed by atoms with Crippen LogP contribution in [0.5, 0.6) is 0 Å². The largest absolute Gasteiger partial charge is 0.370 e. The number of hydrogen-bond acceptors (Lipinski definition) is 3. The Morgan fingerprint density at radius 2 is 2.17 bits per heavy atom. The van der Waals surface area contributed by atoms with E-state index >= 15 is 0 Å². The summed E-state index contributed by atoms with van der Waals surface area (Å²) in [6.07, 6.45) is 3.46. The highest BCUT2D eigenvalue weighted by atomic mass is 16.5. The van der Waals surface area contributed by atoms with E-state index in [1.54, 1.807) is 0 Å². The van der Waals surface area contributed by atoms with Crippen molar-refractivity contribution in [2.45, 2.75) is 52.2 Å². The Bertz CT molecular complexity index is 317. The zero-order chi connectivity index (χ0) is 13.3. The van der Waals surface area contributed by atoms with E-state index in [-0.39, 0.29) is 23.5 Å². The van der Waals surface area contributed by atoms with Gasteiger partial charge in [-0.2, -0.15) is 0 Å². The summed E-state index contributed by atoms with van der Waals surface area (Å²) in [4.78, 5) is 14.6. The molecule has 1 aliphatic heterocycles. The van der Waals surface area contributed by atoms with E-state index < -0.39 is 0 Å². The molecule has 104 valence electrons. The van der Waals surface area contributed by atoms with E-state index in [0.29, 0.717) is 25.5 Å². The number of nitrogens with zero attached hydrogens (tertiary/aromatic N) is 1. The molecule has 2 rings (SSSR count). The molecule has 0 aromatic rings. The van der Waals surface area contributed by atoms with Crippen LogP contribution < -0.4 is 5.73 Å². The SMILES string of the molecule is CC1CN(C(=O)C2CCCC2(C)C)CC(CN)O1. The van der Waals surface area contributed by atoms with Crippen LogP contribution in [0.1, 0.15) is 40.0 Å². The third-order valence-corrected chi connectivity index (χ3v) is 4.46. The van der Waals surface area contributed by atoms with Gasteiger partial charge >= 0.3 is 0 Å². The number of carbonyl (C=O) groups excluding carboxylic acids is 1. The van der Waals surface area contributed by atoms with Crippen molar-refractivity contribution >= 4 is 5.91 Å². The molecule has 0 bridgehead atoms. The van der Waals surface area contributed by atoms with E-state index in [2.05, 4.69) is 13.8 Å². The molecule has 0 aromatic heterocycles. The molecule has 0 radical (unpaired) electrons. The van der Waals surface area contributed by atoms with Crippen LogP contribution in [-0.4, -0.2) is 42.6 Å². The minimum Gasteiger partial charge on any atom is -0.370 e. The van der Waals surface area contributed by atoms with E-state index in [9.17, 15) is 4.79 Å². The summed E-state index contributed by atoms with van der Waals surface area (Å²) in [6, 6.07) is 0. The minimum atomic E-state index is 0.00205. The summed E-state index contributed by atoms with van der Waals surface area (Å²) in [7, 11) is 0. The predicted molar refractivity (Wildman–Crippen MR) is 71.1 cm³/mol. The Morgan fingerprint density at radius 3 is 2.72 bits per heavy atom. The molecular formula is C14H26N2O2. The molecule has 3 atom stereocenters. The third kappa shape index (κ3) is 2.69. The number of amides is 1. The van der Waals surface area contributed by atoms with Gasteiger partial charge in [-0.25, -0.2) is 0 Å². The van der Waals surface area contributed by atoms with Gasteiger partial charge in [-0.1, -0.05) is 20.3 Å². The first kappa shape index (κ1) is 13.8. The number of rotatable bonds is 2. The van der Waals surface area contributed by atoms with E-state index in [1.807, 2.05) is 11.8 Å². The molecule has 3 unspecified atom stereocenters. The van der Waals surface area contributed by atoms with Crippen LogP contribution in [0.4, 0.5) is 0 Å². The fourth-order valence-corrected chi connectivity index (χ4v) is 3.36. The fourth-order valence-electron chi connectivity index (χ4n) is 3.36. The molecular weight excluding hydrogens is 228 g/mol. The van der Waals surface area contributed by atoms with E-state index in [4.69, 9.17) is 10.5 Å². The fraction of sp³-hybridized carbons (Fsp3) is 0.929. The Kier molecular flexibility index (Phi) is 3.97. The lowest BCUT2D eigenvalue weighted by molar-refractivity contribution is -0.150. The lowest BCUT2D eigenvalue weighted by Crippen LogP contribution is -2.53. The summed E-state index contributed by atoms with van der Waals surface area (Å²) in [5.41, 5.74) is 5.82. The average Bonchev–Trinajstić information content (AvgIpc) is 2.67. The molecule has 18 heavy (non-hydrogen) atoms. The zero-order valence-electron chi connectivity index (χ0n) is 11.8. The van der Waals surface area contributed by atoms with Crippen molar-refractivity contribution in [2.75, 3.05) is 19.6 Å². The summed E-state index contributed by atoms with van der Waals surface area (Å²) in [6.45, 7) is 8.30. The number of hydrogen-bond donors (Lipinski definition) is 1. The monoisotopic (exact) mass is 254 g/mol. The van der Waals surface area contributed by atoms with Crippen molar-refractivity contribution in [1.82, 2.24) is 4.90 Å². The molecule has 0 spiro atoms. The number of nitrogens with two attached hydrogens (primary N) is 1. The zero-order valence-corrected chi connectivity index (χ0v) is 11.8. The second-order valence-electron chi connectivity index (χ2n) is 6.48. The maximum atomic E-state index is 12.7. The molecule has 0 aromatic carbocycles. The Labute approximate surface area is 110 Å². The Morgan fingerprint density at radius 1 is 1.44 bits per heavy atom. The smallest absolute Gasteiger partial charge is 0.226 e. The molecule has 1 aliphatic carbocycles. The summed E-state index contributed by atoms with van der Waals surface area (Å²) in [5.74, 6) is 0.493. The molecule has 2 N–H and O–H groups in total. The minimum absolute atomic E-state index is 0.00205. The van der Waals surface area contributed by atoms with Crippen LogP contribution >= 0.6 is 0 Å². The number of carbonyl (C=O) groups is 1. The lowest BCUT2D eigenvalue weighted by Gasteiger charge is -2.39. The van der Waals surface area contributed by atoms with Gasteiger partial charge in [0, 0.05) is 25.6 Å². The van der Waals surface area contributed by atoms with Crippen molar-refractivity contribution < 1.29 is 9.53 Å². The van der Waals surface area contributed by atoms with Gasteiger partial charge in [-0.3, -0.25) is 4.79 Å². The maximum Gasteiger partial charge on any atom is 0.226 e. The van der Waals surface area contributed by atoms with E-state index in [1.165, 1.54) is 6.42 Å². The van der Waals surface area contributed by atoms with Gasteiger partial charge in [0.25, 0.3) is 0 Å².